The molecule has 0 radical (unpaired) electrons. The second-order valence-electron chi connectivity index (χ2n) is 5.27. The molecule has 1 aliphatic rings. The monoisotopic (exact) mass is 263 g/mol. The number of hydrogen-bond acceptors (Lipinski definition) is 4. The summed E-state index contributed by atoms with van der Waals surface area (Å²) in [5.74, 6) is 0. The lowest BCUT2D eigenvalue weighted by atomic mass is 9.94. The van der Waals surface area contributed by atoms with Crippen LogP contribution in [0.1, 0.15) is 37.8 Å². The number of aliphatic hydroxyl groups is 1. The Balaban J connectivity index is 2.01. The van der Waals surface area contributed by atoms with Crippen LogP contribution in [0.15, 0.2) is 18.3 Å². The van der Waals surface area contributed by atoms with Gasteiger partial charge < -0.3 is 10.4 Å². The van der Waals surface area contributed by atoms with Gasteiger partial charge in [-0.25, -0.2) is 0 Å². The molecule has 0 spiro atoms. The van der Waals surface area contributed by atoms with Crippen LogP contribution in [0.3, 0.4) is 0 Å². The number of nitrogens with zero attached hydrogens (tertiary/aromatic N) is 2. The average Bonchev–Trinajstić information content (AvgIpc) is 2.48. The molecule has 0 aromatic carbocycles. The molecule has 1 aliphatic carbocycles. The lowest BCUT2D eigenvalue weighted by Gasteiger charge is -2.33. The summed E-state index contributed by atoms with van der Waals surface area (Å²) in [6.45, 7) is 1.80. The highest BCUT2D eigenvalue weighted by molar-refractivity contribution is 5.42. The fraction of sp³-hybridized carbons (Fsp3) is 0.667. The maximum atomic E-state index is 9.27. The molecule has 0 amide bonds. The van der Waals surface area contributed by atoms with Crippen molar-refractivity contribution in [2.24, 2.45) is 0 Å². The van der Waals surface area contributed by atoms with Gasteiger partial charge in [0.25, 0.3) is 0 Å². The number of rotatable bonds is 6. The number of hydrogen-bond donors (Lipinski definition) is 2. The van der Waals surface area contributed by atoms with Gasteiger partial charge in [-0.1, -0.05) is 19.3 Å². The largest absolute Gasteiger partial charge is 0.395 e. The quantitative estimate of drug-likeness (QED) is 0.826. The first-order valence-corrected chi connectivity index (χ1v) is 7.31. The Hall–Kier alpha value is -1.13. The first kappa shape index (κ1) is 14.3. The van der Waals surface area contributed by atoms with E-state index in [1.165, 1.54) is 32.1 Å². The molecule has 2 N–H and O–H groups in total. The van der Waals surface area contributed by atoms with E-state index in [9.17, 15) is 5.11 Å². The maximum absolute atomic E-state index is 9.27. The van der Waals surface area contributed by atoms with Crippen molar-refractivity contribution in [1.29, 1.82) is 0 Å². The molecule has 2 rings (SSSR count). The van der Waals surface area contributed by atoms with Crippen LogP contribution in [0.5, 0.6) is 0 Å². The summed E-state index contributed by atoms with van der Waals surface area (Å²) in [7, 11) is 1.92. The van der Waals surface area contributed by atoms with Gasteiger partial charge in [0.15, 0.2) is 0 Å². The molecule has 4 nitrogen and oxygen atoms in total. The van der Waals surface area contributed by atoms with Crippen molar-refractivity contribution in [3.63, 3.8) is 0 Å². The van der Waals surface area contributed by atoms with Gasteiger partial charge in [-0.2, -0.15) is 0 Å². The Morgan fingerprint density at radius 1 is 1.37 bits per heavy atom. The van der Waals surface area contributed by atoms with Crippen LogP contribution in [0.2, 0.25) is 0 Å². The number of aromatic nitrogens is 1. The van der Waals surface area contributed by atoms with Gasteiger partial charge in [0.1, 0.15) is 0 Å². The Morgan fingerprint density at radius 3 is 2.84 bits per heavy atom. The molecule has 0 bridgehead atoms. The van der Waals surface area contributed by atoms with Crippen LogP contribution in [-0.2, 0) is 6.54 Å². The van der Waals surface area contributed by atoms with E-state index in [1.54, 1.807) is 0 Å². The molecule has 1 aromatic rings. The highest BCUT2D eigenvalue weighted by Gasteiger charge is 2.21. The van der Waals surface area contributed by atoms with E-state index in [2.05, 4.69) is 21.3 Å². The van der Waals surface area contributed by atoms with Gasteiger partial charge in [-0.05, 0) is 25.0 Å². The smallest absolute Gasteiger partial charge is 0.0564 e. The molecule has 1 fully saturated rings. The number of aliphatic hydroxyl groups excluding tert-OH is 1. The van der Waals surface area contributed by atoms with E-state index >= 15 is 0 Å². The predicted octanol–water partition coefficient (Wildman–Crippen LogP) is 2.25. The van der Waals surface area contributed by atoms with Crippen molar-refractivity contribution in [1.82, 2.24) is 9.88 Å². The minimum Gasteiger partial charge on any atom is -0.395 e. The van der Waals surface area contributed by atoms with Gasteiger partial charge in [-0.15, -0.1) is 0 Å². The SMILES string of the molecule is CNc1ccnc(CN(CCO)C2CCCCC2)c1. The summed E-state index contributed by atoms with van der Waals surface area (Å²) in [6, 6.07) is 4.68. The summed E-state index contributed by atoms with van der Waals surface area (Å²) in [4.78, 5) is 6.83. The third kappa shape index (κ3) is 4.18. The van der Waals surface area contributed by atoms with E-state index < -0.39 is 0 Å². The zero-order chi connectivity index (χ0) is 13.5. The Bertz CT molecular complexity index is 377. The number of pyridine rings is 1. The van der Waals surface area contributed by atoms with Crippen molar-refractivity contribution in [3.8, 4) is 0 Å². The fourth-order valence-corrected chi connectivity index (χ4v) is 2.89. The highest BCUT2D eigenvalue weighted by atomic mass is 16.3. The van der Waals surface area contributed by atoms with Crippen LogP contribution in [0.25, 0.3) is 0 Å². The summed E-state index contributed by atoms with van der Waals surface area (Å²) >= 11 is 0. The lowest BCUT2D eigenvalue weighted by Crippen LogP contribution is -2.38. The van der Waals surface area contributed by atoms with Crippen molar-refractivity contribution >= 4 is 5.69 Å². The lowest BCUT2D eigenvalue weighted by molar-refractivity contribution is 0.116. The maximum Gasteiger partial charge on any atom is 0.0564 e. The molecule has 1 aromatic heterocycles. The summed E-state index contributed by atoms with van der Waals surface area (Å²) in [5.41, 5.74) is 2.17. The molecular weight excluding hydrogens is 238 g/mol. The van der Waals surface area contributed by atoms with Gasteiger partial charge in [0.2, 0.25) is 0 Å². The van der Waals surface area contributed by atoms with Crippen LogP contribution in [0.4, 0.5) is 5.69 Å². The predicted molar refractivity (Wildman–Crippen MR) is 78.2 cm³/mol. The molecule has 0 saturated heterocycles. The minimum absolute atomic E-state index is 0.224. The van der Waals surface area contributed by atoms with Gasteiger partial charge in [0, 0.05) is 38.1 Å². The fourth-order valence-electron chi connectivity index (χ4n) is 2.89. The van der Waals surface area contributed by atoms with E-state index in [0.717, 1.165) is 24.5 Å². The van der Waals surface area contributed by atoms with Crippen molar-refractivity contribution in [2.45, 2.75) is 44.7 Å². The second kappa shape index (κ2) is 7.46. The Labute approximate surface area is 115 Å². The Kier molecular flexibility index (Phi) is 5.61. The molecular formula is C15H25N3O. The molecule has 106 valence electrons. The summed E-state index contributed by atoms with van der Waals surface area (Å²) in [5, 5.41) is 12.4. The zero-order valence-electron chi connectivity index (χ0n) is 11.8. The standard InChI is InChI=1S/C15H25N3O/c1-16-13-7-8-17-14(11-13)12-18(9-10-19)15-5-3-2-4-6-15/h7-8,11,15,19H,2-6,9-10,12H2,1H3,(H,16,17). The number of anilines is 1. The topological polar surface area (TPSA) is 48.4 Å². The molecule has 0 aliphatic heterocycles. The second-order valence-corrected chi connectivity index (χ2v) is 5.27. The van der Waals surface area contributed by atoms with E-state index in [4.69, 9.17) is 0 Å². The zero-order valence-corrected chi connectivity index (χ0v) is 11.8. The van der Waals surface area contributed by atoms with Crippen LogP contribution < -0.4 is 5.32 Å². The molecule has 4 heteroatoms. The summed E-state index contributed by atoms with van der Waals surface area (Å²) in [6.07, 6.45) is 8.35. The van der Waals surface area contributed by atoms with Crippen molar-refractivity contribution in [3.05, 3.63) is 24.0 Å². The molecule has 1 saturated carbocycles. The van der Waals surface area contributed by atoms with Gasteiger partial charge in [0.05, 0.1) is 12.3 Å². The van der Waals surface area contributed by atoms with Crippen LogP contribution in [-0.4, -0.2) is 41.2 Å². The van der Waals surface area contributed by atoms with E-state index in [-0.39, 0.29) is 6.61 Å². The minimum atomic E-state index is 0.224. The number of nitrogens with one attached hydrogen (secondary N) is 1. The van der Waals surface area contributed by atoms with E-state index in [0.29, 0.717) is 6.04 Å². The van der Waals surface area contributed by atoms with Crippen molar-refractivity contribution in [2.75, 3.05) is 25.5 Å². The third-order valence-electron chi connectivity index (χ3n) is 3.95. The summed E-state index contributed by atoms with van der Waals surface area (Å²) < 4.78 is 0. The Morgan fingerprint density at radius 2 is 2.16 bits per heavy atom. The average molecular weight is 263 g/mol. The first-order chi connectivity index (χ1) is 9.33. The molecule has 0 unspecified atom stereocenters. The van der Waals surface area contributed by atoms with E-state index in [1.807, 2.05) is 19.3 Å². The first-order valence-electron chi connectivity index (χ1n) is 7.31. The van der Waals surface area contributed by atoms with Gasteiger partial charge in [-0.3, -0.25) is 9.88 Å². The third-order valence-corrected chi connectivity index (χ3v) is 3.95. The van der Waals surface area contributed by atoms with Gasteiger partial charge >= 0.3 is 0 Å². The van der Waals surface area contributed by atoms with Crippen LogP contribution in [0, 0.1) is 0 Å². The normalized spacial score (nSPS) is 16.8. The molecule has 1 heterocycles. The highest BCUT2D eigenvalue weighted by Crippen LogP contribution is 2.23. The van der Waals surface area contributed by atoms with Crippen molar-refractivity contribution < 1.29 is 5.11 Å². The van der Waals surface area contributed by atoms with Crippen LogP contribution >= 0.6 is 0 Å². The molecule has 0 atom stereocenters. The molecule has 19 heavy (non-hydrogen) atoms.